The van der Waals surface area contributed by atoms with E-state index in [2.05, 4.69) is 182 Å². The van der Waals surface area contributed by atoms with Crippen LogP contribution in [0.1, 0.15) is 44.5 Å². The van der Waals surface area contributed by atoms with Crippen LogP contribution in [0.4, 0.5) is 22.7 Å². The van der Waals surface area contributed by atoms with E-state index >= 15 is 0 Å². The molecule has 2 nitrogen and oxygen atoms in total. The first-order valence-corrected chi connectivity index (χ1v) is 20.5. The fourth-order valence-corrected chi connectivity index (χ4v) is 12.7. The van der Waals surface area contributed by atoms with E-state index in [-0.39, 0.29) is 13.4 Å². The molecule has 14 rings (SSSR count). The highest BCUT2D eigenvalue weighted by atomic mass is 15.1. The van der Waals surface area contributed by atoms with Gasteiger partial charge >= 0.3 is 0 Å². The fourth-order valence-electron chi connectivity index (χ4n) is 12.7. The fraction of sp³-hybridized carbons (Fsp3) is 0.0943. The van der Waals surface area contributed by atoms with E-state index in [1.54, 1.807) is 0 Å². The van der Waals surface area contributed by atoms with Crippen LogP contribution in [-0.4, -0.2) is 27.5 Å². The molecule has 8 aromatic rings. The number of fused-ring (bicyclic) bond motifs is 18. The van der Waals surface area contributed by atoms with Gasteiger partial charge in [0.15, 0.2) is 0 Å². The molecule has 4 heterocycles. The van der Waals surface area contributed by atoms with Crippen molar-refractivity contribution in [2.45, 2.75) is 18.3 Å². The van der Waals surface area contributed by atoms with Crippen LogP contribution in [0.15, 0.2) is 158 Å². The second-order valence-corrected chi connectivity index (χ2v) is 17.2. The molecule has 6 aliphatic rings. The lowest BCUT2D eigenvalue weighted by Crippen LogP contribution is -2.61. The maximum Gasteiger partial charge on any atom is 0.247 e. The predicted molar refractivity (Wildman–Crippen MR) is 240 cm³/mol. The summed E-state index contributed by atoms with van der Waals surface area (Å²) in [5, 5.41) is 0. The van der Waals surface area contributed by atoms with Crippen LogP contribution in [0.2, 0.25) is 0 Å². The Hall–Kier alpha value is -6.51. The van der Waals surface area contributed by atoms with Crippen LogP contribution in [0.25, 0.3) is 22.3 Å². The number of nitrogens with zero attached hydrogens (tertiary/aromatic N) is 2. The second-order valence-electron chi connectivity index (χ2n) is 17.2. The molecule has 0 radical (unpaired) electrons. The Kier molecular flexibility index (Phi) is 5.63. The Morgan fingerprint density at radius 2 is 0.789 bits per heavy atom. The number of rotatable bonds is 0. The molecular formula is C53H36B2N2. The number of hydrogen-bond acceptors (Lipinski definition) is 2. The summed E-state index contributed by atoms with van der Waals surface area (Å²) in [5.41, 5.74) is 30.7. The van der Waals surface area contributed by atoms with E-state index in [0.717, 1.165) is 12.8 Å². The molecule has 57 heavy (non-hydrogen) atoms. The Morgan fingerprint density at radius 3 is 1.28 bits per heavy atom. The zero-order valence-electron chi connectivity index (χ0n) is 32.0. The van der Waals surface area contributed by atoms with E-state index in [1.165, 1.54) is 122 Å². The van der Waals surface area contributed by atoms with Gasteiger partial charge in [-0.05, 0) is 126 Å². The minimum Gasteiger partial charge on any atom is -0.345 e. The normalized spacial score (nSPS) is 15.8. The minimum atomic E-state index is -0.401. The molecule has 0 amide bonds. The van der Waals surface area contributed by atoms with Crippen LogP contribution in [-0.2, 0) is 18.3 Å². The molecule has 2 aliphatic carbocycles. The highest BCUT2D eigenvalue weighted by molar-refractivity contribution is 6.99. The summed E-state index contributed by atoms with van der Waals surface area (Å²) in [6.45, 7) is 0.415. The van der Waals surface area contributed by atoms with Gasteiger partial charge in [0.25, 0.3) is 0 Å². The van der Waals surface area contributed by atoms with E-state index in [0.29, 0.717) is 0 Å². The molecule has 264 valence electrons. The molecular weight excluding hydrogens is 686 g/mol. The zero-order valence-corrected chi connectivity index (χ0v) is 32.0. The van der Waals surface area contributed by atoms with E-state index in [1.807, 2.05) is 0 Å². The van der Waals surface area contributed by atoms with E-state index in [4.69, 9.17) is 0 Å². The predicted octanol–water partition coefficient (Wildman–Crippen LogP) is 7.03. The van der Waals surface area contributed by atoms with Gasteiger partial charge in [0, 0.05) is 36.8 Å². The second kappa shape index (κ2) is 10.5. The summed E-state index contributed by atoms with van der Waals surface area (Å²) in [4.78, 5) is 4.81. The van der Waals surface area contributed by atoms with Crippen molar-refractivity contribution in [3.63, 3.8) is 0 Å². The van der Waals surface area contributed by atoms with Crippen molar-refractivity contribution in [3.8, 4) is 22.3 Å². The smallest absolute Gasteiger partial charge is 0.247 e. The van der Waals surface area contributed by atoms with Gasteiger partial charge in [-0.25, -0.2) is 0 Å². The van der Waals surface area contributed by atoms with E-state index in [9.17, 15) is 0 Å². The molecule has 0 saturated heterocycles. The molecule has 0 fully saturated rings. The summed E-state index contributed by atoms with van der Waals surface area (Å²) in [6, 6.07) is 61.3. The summed E-state index contributed by atoms with van der Waals surface area (Å²) >= 11 is 0. The van der Waals surface area contributed by atoms with Gasteiger partial charge in [0.2, 0.25) is 13.4 Å². The summed E-state index contributed by atoms with van der Waals surface area (Å²) in [6.07, 6.45) is 1.89. The van der Waals surface area contributed by atoms with Crippen LogP contribution in [0.3, 0.4) is 0 Å². The number of anilines is 4. The largest absolute Gasteiger partial charge is 0.345 e. The van der Waals surface area contributed by atoms with Crippen molar-refractivity contribution in [3.05, 3.63) is 202 Å². The molecule has 0 atom stereocenters. The van der Waals surface area contributed by atoms with E-state index < -0.39 is 5.41 Å². The standard InChI is InChI=1S/C53H36B2N2/c1-56-47-21-9-7-19-43(47)54-45-29-37-35-15-3-5-17-39(35)53(41(37)27-33(45)25-31-13-11-23-49(56)51(31)54)40-18-6-4-16-36(40)38-30-46-34(28-42(38)53)26-32-14-12-24-50-52(32)55(46)44-20-8-10-22-48(44)57(50)2/h3-24,27-30H,25-26H2,1-2H3. The Bertz CT molecular complexity index is 2950. The summed E-state index contributed by atoms with van der Waals surface area (Å²) in [5.74, 6) is 0. The molecule has 4 heteroatoms. The van der Waals surface area contributed by atoms with Gasteiger partial charge in [0.1, 0.15) is 0 Å². The van der Waals surface area contributed by atoms with Crippen LogP contribution < -0.4 is 42.6 Å². The first-order chi connectivity index (χ1) is 28.1. The lowest BCUT2D eigenvalue weighted by molar-refractivity contribution is 0.790. The van der Waals surface area contributed by atoms with Gasteiger partial charge in [0.05, 0.1) is 5.41 Å². The molecule has 1 spiro atoms. The maximum atomic E-state index is 2.65. The zero-order chi connectivity index (χ0) is 37.3. The van der Waals surface area contributed by atoms with Crippen molar-refractivity contribution in [2.75, 3.05) is 23.9 Å². The molecule has 0 aromatic heterocycles. The van der Waals surface area contributed by atoms with Crippen LogP contribution >= 0.6 is 0 Å². The number of benzene rings is 8. The van der Waals surface area contributed by atoms with Gasteiger partial charge in [-0.2, -0.15) is 0 Å². The quantitative estimate of drug-likeness (QED) is 0.155. The number of hydrogen-bond donors (Lipinski definition) is 0. The third-order valence-electron chi connectivity index (χ3n) is 14.9. The third-order valence-corrected chi connectivity index (χ3v) is 14.9. The SMILES string of the molecule is CN1c2ccccc2B2c3cc4c(cc3Cc3cccc1c32)C1(c2ccccc2-4)c2ccccc2-c2cc3c(cc21)Cc1cccc2c1B3c1ccccc1N2C. The Balaban J connectivity index is 1.05. The van der Waals surface area contributed by atoms with Crippen molar-refractivity contribution in [1.29, 1.82) is 0 Å². The Labute approximate surface area is 334 Å². The highest BCUT2D eigenvalue weighted by Crippen LogP contribution is 2.63. The van der Waals surface area contributed by atoms with Gasteiger partial charge in [-0.1, -0.05) is 144 Å². The van der Waals surface area contributed by atoms with Gasteiger partial charge < -0.3 is 9.80 Å². The third kappa shape index (κ3) is 3.54. The average Bonchev–Trinajstić information content (AvgIpc) is 3.71. The molecule has 0 bridgehead atoms. The van der Waals surface area contributed by atoms with Crippen LogP contribution in [0.5, 0.6) is 0 Å². The molecule has 0 N–H and O–H groups in total. The lowest BCUT2D eigenvalue weighted by Gasteiger charge is -2.40. The van der Waals surface area contributed by atoms with Crippen molar-refractivity contribution >= 4 is 69.0 Å². The Morgan fingerprint density at radius 1 is 0.368 bits per heavy atom. The molecule has 8 aromatic carbocycles. The molecule has 0 unspecified atom stereocenters. The summed E-state index contributed by atoms with van der Waals surface area (Å²) in [7, 11) is 4.47. The van der Waals surface area contributed by atoms with Crippen molar-refractivity contribution < 1.29 is 0 Å². The van der Waals surface area contributed by atoms with Crippen LogP contribution in [0, 0.1) is 0 Å². The van der Waals surface area contributed by atoms with Crippen molar-refractivity contribution in [1.82, 2.24) is 0 Å². The maximum absolute atomic E-state index is 2.65. The topological polar surface area (TPSA) is 6.48 Å². The average molecular weight is 723 g/mol. The minimum absolute atomic E-state index is 0.207. The molecule has 4 aliphatic heterocycles. The lowest BCUT2D eigenvalue weighted by atomic mass is 9.32. The summed E-state index contributed by atoms with van der Waals surface area (Å²) < 4.78 is 0. The first kappa shape index (κ1) is 30.7. The van der Waals surface area contributed by atoms with Crippen molar-refractivity contribution in [2.24, 2.45) is 0 Å². The first-order valence-electron chi connectivity index (χ1n) is 20.5. The molecule has 0 saturated carbocycles. The highest BCUT2D eigenvalue weighted by Gasteiger charge is 2.53. The number of para-hydroxylation sites is 2. The van der Waals surface area contributed by atoms with Gasteiger partial charge in [-0.3, -0.25) is 0 Å². The monoisotopic (exact) mass is 722 g/mol. The van der Waals surface area contributed by atoms with Gasteiger partial charge in [-0.15, -0.1) is 0 Å².